The van der Waals surface area contributed by atoms with Gasteiger partial charge in [-0.15, -0.1) is 0 Å². The first kappa shape index (κ1) is 21.1. The summed E-state index contributed by atoms with van der Waals surface area (Å²) >= 11 is 1.41. The number of aliphatic imine (C=N–C) groups is 1. The van der Waals surface area contributed by atoms with Crippen LogP contribution in [0.1, 0.15) is 38.8 Å². The van der Waals surface area contributed by atoms with E-state index in [0.717, 1.165) is 10.7 Å². The SMILES string of the molecule is CC(C)N=C1S/C(=C/c2ccc(OCc3ccccc3F)cc2)C(=O)N1C(C)C. The van der Waals surface area contributed by atoms with Crippen LogP contribution in [0.15, 0.2) is 58.4 Å². The predicted octanol–water partition coefficient (Wildman–Crippen LogP) is 5.49. The zero-order valence-electron chi connectivity index (χ0n) is 17.1. The summed E-state index contributed by atoms with van der Waals surface area (Å²) in [5, 5.41) is 0.746. The number of carbonyl (C=O) groups is 1. The van der Waals surface area contributed by atoms with E-state index in [-0.39, 0.29) is 30.4 Å². The molecule has 1 heterocycles. The van der Waals surface area contributed by atoms with Crippen LogP contribution in [0.4, 0.5) is 4.39 Å². The van der Waals surface area contributed by atoms with Gasteiger partial charge in [0.25, 0.3) is 5.91 Å². The monoisotopic (exact) mass is 412 g/mol. The molecule has 0 aliphatic carbocycles. The standard InChI is InChI=1S/C23H25FN2O2S/c1-15(2)25-23-26(16(3)4)22(27)21(29-23)13-17-9-11-19(12-10-17)28-14-18-7-5-6-8-20(18)24/h5-13,15-16H,14H2,1-4H3/b21-13+,25-23?. The molecular weight excluding hydrogens is 387 g/mol. The number of hydrogen-bond acceptors (Lipinski definition) is 4. The molecule has 0 saturated carbocycles. The van der Waals surface area contributed by atoms with Crippen LogP contribution in [0.25, 0.3) is 6.08 Å². The lowest BCUT2D eigenvalue weighted by Crippen LogP contribution is -2.35. The number of nitrogens with zero attached hydrogens (tertiary/aromatic N) is 2. The van der Waals surface area contributed by atoms with E-state index in [9.17, 15) is 9.18 Å². The summed E-state index contributed by atoms with van der Waals surface area (Å²) in [5.74, 6) is 0.343. The zero-order valence-corrected chi connectivity index (χ0v) is 17.9. The van der Waals surface area contributed by atoms with Crippen molar-refractivity contribution in [3.05, 3.63) is 70.4 Å². The van der Waals surface area contributed by atoms with Gasteiger partial charge in [-0.05, 0) is 69.3 Å². The number of hydrogen-bond donors (Lipinski definition) is 0. The maximum atomic E-state index is 13.7. The van der Waals surface area contributed by atoms with Gasteiger partial charge in [0, 0.05) is 17.6 Å². The third kappa shape index (κ3) is 5.26. The van der Waals surface area contributed by atoms with E-state index < -0.39 is 0 Å². The van der Waals surface area contributed by atoms with Crippen LogP contribution < -0.4 is 4.74 Å². The quantitative estimate of drug-likeness (QED) is 0.589. The third-order valence-corrected chi connectivity index (χ3v) is 5.25. The molecule has 0 spiro atoms. The highest BCUT2D eigenvalue weighted by atomic mass is 32.2. The molecule has 0 bridgehead atoms. The van der Waals surface area contributed by atoms with E-state index in [1.807, 2.05) is 58.0 Å². The summed E-state index contributed by atoms with van der Waals surface area (Å²) in [5.41, 5.74) is 1.41. The summed E-state index contributed by atoms with van der Waals surface area (Å²) in [7, 11) is 0. The Labute approximate surface area is 175 Å². The van der Waals surface area contributed by atoms with Crippen molar-refractivity contribution in [1.29, 1.82) is 0 Å². The number of benzene rings is 2. The third-order valence-electron chi connectivity index (χ3n) is 4.25. The minimum absolute atomic E-state index is 0.0238. The van der Waals surface area contributed by atoms with Gasteiger partial charge >= 0.3 is 0 Å². The average Bonchev–Trinajstić information content (AvgIpc) is 2.96. The van der Waals surface area contributed by atoms with Crippen molar-refractivity contribution in [2.45, 2.75) is 46.4 Å². The molecule has 1 aliphatic heterocycles. The molecule has 1 saturated heterocycles. The molecule has 2 aromatic carbocycles. The number of ether oxygens (including phenoxy) is 1. The topological polar surface area (TPSA) is 41.9 Å². The molecule has 1 aliphatic rings. The molecule has 1 fully saturated rings. The summed E-state index contributed by atoms with van der Waals surface area (Å²) in [6.45, 7) is 8.13. The smallest absolute Gasteiger partial charge is 0.266 e. The van der Waals surface area contributed by atoms with Gasteiger partial charge in [0.05, 0.1) is 4.91 Å². The van der Waals surface area contributed by atoms with Crippen molar-refractivity contribution in [1.82, 2.24) is 4.90 Å². The highest BCUT2D eigenvalue weighted by Crippen LogP contribution is 2.34. The number of carbonyl (C=O) groups excluding carboxylic acids is 1. The normalized spacial score (nSPS) is 17.2. The van der Waals surface area contributed by atoms with E-state index >= 15 is 0 Å². The van der Waals surface area contributed by atoms with Gasteiger partial charge in [-0.3, -0.25) is 14.7 Å². The van der Waals surface area contributed by atoms with E-state index in [0.29, 0.717) is 16.2 Å². The Kier molecular flexibility index (Phi) is 6.75. The highest BCUT2D eigenvalue weighted by Gasteiger charge is 2.35. The first-order valence-corrected chi connectivity index (χ1v) is 10.4. The molecule has 0 aromatic heterocycles. The van der Waals surface area contributed by atoms with Gasteiger partial charge in [0.15, 0.2) is 5.17 Å². The van der Waals surface area contributed by atoms with E-state index in [2.05, 4.69) is 4.99 Å². The van der Waals surface area contributed by atoms with Gasteiger partial charge in [0.1, 0.15) is 18.2 Å². The lowest BCUT2D eigenvalue weighted by molar-refractivity contribution is -0.123. The zero-order chi connectivity index (χ0) is 21.0. The molecule has 3 rings (SSSR count). The molecule has 0 atom stereocenters. The molecule has 152 valence electrons. The molecule has 6 heteroatoms. The molecule has 4 nitrogen and oxygen atoms in total. The summed E-state index contributed by atoms with van der Waals surface area (Å²) in [6, 6.07) is 14.1. The fraction of sp³-hybridized carbons (Fsp3) is 0.304. The van der Waals surface area contributed by atoms with Crippen molar-refractivity contribution in [3.8, 4) is 5.75 Å². The Morgan fingerprint density at radius 1 is 1.10 bits per heavy atom. The van der Waals surface area contributed by atoms with Crippen LogP contribution >= 0.6 is 11.8 Å². The Balaban J connectivity index is 1.72. The van der Waals surface area contributed by atoms with Crippen molar-refractivity contribution < 1.29 is 13.9 Å². The average molecular weight is 413 g/mol. The second-order valence-electron chi connectivity index (χ2n) is 7.33. The predicted molar refractivity (Wildman–Crippen MR) is 117 cm³/mol. The fourth-order valence-electron chi connectivity index (χ4n) is 2.84. The van der Waals surface area contributed by atoms with Gasteiger partial charge in [-0.25, -0.2) is 4.39 Å². The van der Waals surface area contributed by atoms with Crippen LogP contribution in [0.2, 0.25) is 0 Å². The van der Waals surface area contributed by atoms with Gasteiger partial charge in [0.2, 0.25) is 0 Å². The van der Waals surface area contributed by atoms with E-state index in [1.165, 1.54) is 17.8 Å². The maximum Gasteiger partial charge on any atom is 0.266 e. The van der Waals surface area contributed by atoms with Gasteiger partial charge in [-0.2, -0.15) is 0 Å². The molecule has 2 aromatic rings. The molecule has 0 N–H and O–H groups in total. The van der Waals surface area contributed by atoms with Crippen molar-refractivity contribution in [2.24, 2.45) is 4.99 Å². The first-order chi connectivity index (χ1) is 13.8. The number of rotatable bonds is 6. The second kappa shape index (κ2) is 9.27. The van der Waals surface area contributed by atoms with E-state index in [1.54, 1.807) is 23.1 Å². The van der Waals surface area contributed by atoms with Crippen LogP contribution in [-0.2, 0) is 11.4 Å². The Morgan fingerprint density at radius 2 is 1.79 bits per heavy atom. The Bertz CT molecular complexity index is 936. The number of amidine groups is 1. The Hall–Kier alpha value is -2.60. The fourth-order valence-corrected chi connectivity index (χ4v) is 4.07. The molecule has 29 heavy (non-hydrogen) atoms. The summed E-state index contributed by atoms with van der Waals surface area (Å²) in [6.07, 6.45) is 1.87. The first-order valence-electron chi connectivity index (χ1n) is 9.62. The van der Waals surface area contributed by atoms with Crippen molar-refractivity contribution >= 4 is 28.9 Å². The number of thioether (sulfide) groups is 1. The van der Waals surface area contributed by atoms with Crippen LogP contribution in [0.5, 0.6) is 5.75 Å². The van der Waals surface area contributed by atoms with E-state index in [4.69, 9.17) is 4.74 Å². The Morgan fingerprint density at radius 3 is 2.41 bits per heavy atom. The largest absolute Gasteiger partial charge is 0.489 e. The molecule has 1 amide bonds. The molecular formula is C23H25FN2O2S. The van der Waals surface area contributed by atoms with Crippen molar-refractivity contribution in [2.75, 3.05) is 0 Å². The van der Waals surface area contributed by atoms with Crippen molar-refractivity contribution in [3.63, 3.8) is 0 Å². The summed E-state index contributed by atoms with van der Waals surface area (Å²) in [4.78, 5) is 19.8. The lowest BCUT2D eigenvalue weighted by atomic mass is 10.2. The second-order valence-corrected chi connectivity index (χ2v) is 8.34. The van der Waals surface area contributed by atoms with Crippen LogP contribution in [0, 0.1) is 5.82 Å². The maximum absolute atomic E-state index is 13.7. The van der Waals surface area contributed by atoms with Crippen LogP contribution in [-0.4, -0.2) is 28.1 Å². The minimum atomic E-state index is -0.279. The van der Waals surface area contributed by atoms with Crippen LogP contribution in [0.3, 0.4) is 0 Å². The number of halogens is 1. The minimum Gasteiger partial charge on any atom is -0.489 e. The molecule has 0 unspecified atom stereocenters. The molecule has 0 radical (unpaired) electrons. The highest BCUT2D eigenvalue weighted by molar-refractivity contribution is 8.18. The van der Waals surface area contributed by atoms with Gasteiger partial charge in [-0.1, -0.05) is 30.3 Å². The lowest BCUT2D eigenvalue weighted by Gasteiger charge is -2.20. The summed E-state index contributed by atoms with van der Waals surface area (Å²) < 4.78 is 19.4. The number of amides is 1. The van der Waals surface area contributed by atoms with Gasteiger partial charge < -0.3 is 4.74 Å².